The molecule has 0 fully saturated rings. The SMILES string of the molecule is CC(C)N(Cc1ccccc1)C(=O)CN(Cc1ccccc1)S(C)(=O)=O. The Hall–Kier alpha value is -2.18. The second-order valence-corrected chi connectivity index (χ2v) is 8.60. The lowest BCUT2D eigenvalue weighted by Crippen LogP contribution is -2.44. The number of nitrogens with zero attached hydrogens (tertiary/aromatic N) is 2. The van der Waals surface area contributed by atoms with E-state index in [0.717, 1.165) is 17.4 Å². The van der Waals surface area contributed by atoms with Crippen LogP contribution in [0.2, 0.25) is 0 Å². The average molecular weight is 375 g/mol. The average Bonchev–Trinajstić information content (AvgIpc) is 2.59. The molecule has 0 aromatic heterocycles. The van der Waals surface area contributed by atoms with Gasteiger partial charge < -0.3 is 4.90 Å². The topological polar surface area (TPSA) is 57.7 Å². The Morgan fingerprint density at radius 3 is 1.77 bits per heavy atom. The molecule has 0 spiro atoms. The second-order valence-electron chi connectivity index (χ2n) is 6.62. The number of rotatable bonds is 8. The van der Waals surface area contributed by atoms with Crippen LogP contribution in [0.3, 0.4) is 0 Å². The van der Waals surface area contributed by atoms with E-state index < -0.39 is 10.0 Å². The highest BCUT2D eigenvalue weighted by Gasteiger charge is 2.25. The summed E-state index contributed by atoms with van der Waals surface area (Å²) in [6, 6.07) is 19.0. The highest BCUT2D eigenvalue weighted by molar-refractivity contribution is 7.88. The normalized spacial score (nSPS) is 11.7. The maximum absolute atomic E-state index is 12.9. The first-order valence-electron chi connectivity index (χ1n) is 8.60. The van der Waals surface area contributed by atoms with Crippen molar-refractivity contribution in [3.05, 3.63) is 71.8 Å². The largest absolute Gasteiger partial charge is 0.335 e. The van der Waals surface area contributed by atoms with Crippen molar-refractivity contribution in [3.8, 4) is 0 Å². The van der Waals surface area contributed by atoms with Gasteiger partial charge in [0.25, 0.3) is 0 Å². The van der Waals surface area contributed by atoms with Gasteiger partial charge in [-0.05, 0) is 25.0 Å². The summed E-state index contributed by atoms with van der Waals surface area (Å²) in [6.45, 7) is 4.34. The summed E-state index contributed by atoms with van der Waals surface area (Å²) < 4.78 is 25.6. The first kappa shape index (κ1) is 20.1. The van der Waals surface area contributed by atoms with Crippen LogP contribution in [0.25, 0.3) is 0 Å². The Bertz CT molecular complexity index is 805. The molecule has 2 aromatic rings. The van der Waals surface area contributed by atoms with E-state index in [0.29, 0.717) is 6.54 Å². The van der Waals surface area contributed by atoms with Crippen molar-refractivity contribution < 1.29 is 13.2 Å². The van der Waals surface area contributed by atoms with E-state index in [2.05, 4.69) is 0 Å². The summed E-state index contributed by atoms with van der Waals surface area (Å²) in [4.78, 5) is 14.6. The highest BCUT2D eigenvalue weighted by atomic mass is 32.2. The Morgan fingerprint density at radius 2 is 1.35 bits per heavy atom. The van der Waals surface area contributed by atoms with Gasteiger partial charge in [-0.15, -0.1) is 0 Å². The number of hydrogen-bond donors (Lipinski definition) is 0. The third-order valence-corrected chi connectivity index (χ3v) is 5.32. The van der Waals surface area contributed by atoms with Gasteiger partial charge in [-0.3, -0.25) is 4.79 Å². The Balaban J connectivity index is 2.15. The molecule has 0 aliphatic carbocycles. The molecule has 1 amide bonds. The molecule has 140 valence electrons. The number of carbonyl (C=O) groups is 1. The zero-order valence-corrected chi connectivity index (χ0v) is 16.3. The Kier molecular flexibility index (Phi) is 6.94. The van der Waals surface area contributed by atoms with Crippen LogP contribution in [0.15, 0.2) is 60.7 Å². The minimum absolute atomic E-state index is 0.0270. The van der Waals surface area contributed by atoms with Gasteiger partial charge in [0, 0.05) is 19.1 Å². The van der Waals surface area contributed by atoms with Gasteiger partial charge in [0.15, 0.2) is 0 Å². The number of sulfonamides is 1. The smallest absolute Gasteiger partial charge is 0.238 e. The van der Waals surface area contributed by atoms with E-state index >= 15 is 0 Å². The molecule has 0 atom stereocenters. The van der Waals surface area contributed by atoms with Crippen LogP contribution in [0.4, 0.5) is 0 Å². The quantitative estimate of drug-likeness (QED) is 0.714. The highest BCUT2D eigenvalue weighted by Crippen LogP contribution is 2.13. The minimum Gasteiger partial charge on any atom is -0.335 e. The summed E-state index contributed by atoms with van der Waals surface area (Å²) in [5, 5.41) is 0. The molecule has 0 unspecified atom stereocenters. The van der Waals surface area contributed by atoms with Crippen molar-refractivity contribution in [1.82, 2.24) is 9.21 Å². The van der Waals surface area contributed by atoms with Gasteiger partial charge in [-0.1, -0.05) is 60.7 Å². The number of benzene rings is 2. The molecule has 0 bridgehead atoms. The molecule has 5 nitrogen and oxygen atoms in total. The van der Waals surface area contributed by atoms with Crippen molar-refractivity contribution >= 4 is 15.9 Å². The van der Waals surface area contributed by atoms with Gasteiger partial charge in [-0.25, -0.2) is 8.42 Å². The van der Waals surface area contributed by atoms with E-state index in [9.17, 15) is 13.2 Å². The molecule has 0 heterocycles. The fraction of sp³-hybridized carbons (Fsp3) is 0.350. The Labute approximate surface area is 156 Å². The second kappa shape index (κ2) is 8.96. The van der Waals surface area contributed by atoms with E-state index in [-0.39, 0.29) is 25.0 Å². The monoisotopic (exact) mass is 374 g/mol. The standard InChI is InChI=1S/C20H26N2O3S/c1-17(2)22(15-19-12-8-5-9-13-19)20(23)16-21(26(3,24)25)14-18-10-6-4-7-11-18/h4-13,17H,14-16H2,1-3H3. The maximum atomic E-state index is 12.9. The lowest BCUT2D eigenvalue weighted by atomic mass is 10.2. The first-order chi connectivity index (χ1) is 12.3. The molecular formula is C20H26N2O3S. The molecule has 0 aliphatic heterocycles. The van der Waals surface area contributed by atoms with E-state index in [4.69, 9.17) is 0 Å². The summed E-state index contributed by atoms with van der Waals surface area (Å²) in [5.74, 6) is -0.204. The third kappa shape index (κ3) is 5.97. The van der Waals surface area contributed by atoms with E-state index in [1.54, 1.807) is 4.90 Å². The number of hydrogen-bond acceptors (Lipinski definition) is 3. The summed E-state index contributed by atoms with van der Waals surface area (Å²) in [6.07, 6.45) is 1.14. The van der Waals surface area contributed by atoms with Crippen LogP contribution in [0.5, 0.6) is 0 Å². The van der Waals surface area contributed by atoms with Gasteiger partial charge in [0.05, 0.1) is 12.8 Å². The van der Waals surface area contributed by atoms with Crippen LogP contribution in [-0.4, -0.2) is 42.4 Å². The Morgan fingerprint density at radius 1 is 0.885 bits per heavy atom. The maximum Gasteiger partial charge on any atom is 0.238 e. The van der Waals surface area contributed by atoms with Gasteiger partial charge in [0.1, 0.15) is 0 Å². The summed E-state index contributed by atoms with van der Waals surface area (Å²) in [7, 11) is -3.50. The van der Waals surface area contributed by atoms with E-state index in [1.165, 1.54) is 4.31 Å². The van der Waals surface area contributed by atoms with Gasteiger partial charge >= 0.3 is 0 Å². The molecule has 0 aliphatic rings. The number of carbonyl (C=O) groups excluding carboxylic acids is 1. The van der Waals surface area contributed by atoms with Crippen LogP contribution >= 0.6 is 0 Å². The lowest BCUT2D eigenvalue weighted by Gasteiger charge is -2.29. The van der Waals surface area contributed by atoms with E-state index in [1.807, 2.05) is 74.5 Å². The zero-order valence-electron chi connectivity index (χ0n) is 15.5. The molecule has 2 aromatic carbocycles. The molecular weight excluding hydrogens is 348 g/mol. The zero-order chi connectivity index (χ0) is 19.2. The number of amides is 1. The lowest BCUT2D eigenvalue weighted by molar-refractivity contribution is -0.133. The van der Waals surface area contributed by atoms with Crippen LogP contribution < -0.4 is 0 Å². The molecule has 0 saturated carbocycles. The van der Waals surface area contributed by atoms with Crippen LogP contribution in [0, 0.1) is 0 Å². The molecule has 6 heteroatoms. The van der Waals surface area contributed by atoms with Gasteiger partial charge in [0.2, 0.25) is 15.9 Å². The van der Waals surface area contributed by atoms with Crippen LogP contribution in [-0.2, 0) is 27.9 Å². The molecule has 0 radical (unpaired) electrons. The predicted octanol–water partition coefficient (Wildman–Crippen LogP) is 2.89. The van der Waals surface area contributed by atoms with Crippen LogP contribution in [0.1, 0.15) is 25.0 Å². The minimum atomic E-state index is -3.50. The third-order valence-electron chi connectivity index (χ3n) is 4.12. The molecule has 26 heavy (non-hydrogen) atoms. The van der Waals surface area contributed by atoms with Crippen molar-refractivity contribution in [1.29, 1.82) is 0 Å². The summed E-state index contributed by atoms with van der Waals surface area (Å²) in [5.41, 5.74) is 1.87. The van der Waals surface area contributed by atoms with Crippen molar-refractivity contribution in [2.45, 2.75) is 33.0 Å². The van der Waals surface area contributed by atoms with Crippen molar-refractivity contribution in [2.24, 2.45) is 0 Å². The fourth-order valence-electron chi connectivity index (χ4n) is 2.66. The molecule has 0 N–H and O–H groups in total. The fourth-order valence-corrected chi connectivity index (χ4v) is 3.39. The van der Waals surface area contributed by atoms with Crippen molar-refractivity contribution in [2.75, 3.05) is 12.8 Å². The first-order valence-corrected chi connectivity index (χ1v) is 10.4. The van der Waals surface area contributed by atoms with Gasteiger partial charge in [-0.2, -0.15) is 4.31 Å². The predicted molar refractivity (Wildman–Crippen MR) is 104 cm³/mol. The van der Waals surface area contributed by atoms with Crippen molar-refractivity contribution in [3.63, 3.8) is 0 Å². The molecule has 0 saturated heterocycles. The summed E-state index contributed by atoms with van der Waals surface area (Å²) >= 11 is 0. The molecule has 2 rings (SSSR count).